The SMILES string of the molecule is CN(Cc1ccoc1)S(=O)(=O)c1cccc2ccccc12. The standard InChI is InChI=1S/C16H15NO3S/c1-17(11-13-9-10-20-12-13)21(18,19)16-8-4-6-14-5-2-3-7-15(14)16/h2-10,12H,11H2,1H3. The van der Waals surface area contributed by atoms with E-state index in [1.807, 2.05) is 30.3 Å². The summed E-state index contributed by atoms with van der Waals surface area (Å²) >= 11 is 0. The van der Waals surface area contributed by atoms with Gasteiger partial charge in [-0.25, -0.2) is 8.42 Å². The second kappa shape index (κ2) is 5.35. The number of hydrogen-bond acceptors (Lipinski definition) is 3. The van der Waals surface area contributed by atoms with Crippen LogP contribution in [0.25, 0.3) is 10.8 Å². The number of hydrogen-bond donors (Lipinski definition) is 0. The van der Waals surface area contributed by atoms with Gasteiger partial charge < -0.3 is 4.42 Å². The van der Waals surface area contributed by atoms with Gasteiger partial charge in [0.25, 0.3) is 0 Å². The highest BCUT2D eigenvalue weighted by Gasteiger charge is 2.23. The van der Waals surface area contributed by atoms with Gasteiger partial charge in [0.2, 0.25) is 10.0 Å². The van der Waals surface area contributed by atoms with Gasteiger partial charge in [-0.3, -0.25) is 0 Å². The first-order valence-corrected chi connectivity index (χ1v) is 7.98. The van der Waals surface area contributed by atoms with E-state index >= 15 is 0 Å². The van der Waals surface area contributed by atoms with Crippen LogP contribution in [0.5, 0.6) is 0 Å². The monoisotopic (exact) mass is 301 g/mol. The first-order chi connectivity index (χ1) is 10.1. The Morgan fingerprint density at radius 3 is 2.57 bits per heavy atom. The summed E-state index contributed by atoms with van der Waals surface area (Å²) in [6.45, 7) is 0.280. The molecule has 1 heterocycles. The van der Waals surface area contributed by atoms with Crippen LogP contribution in [0.2, 0.25) is 0 Å². The molecular formula is C16H15NO3S. The Morgan fingerprint density at radius 1 is 1.05 bits per heavy atom. The van der Waals surface area contributed by atoms with Crippen molar-refractivity contribution >= 4 is 20.8 Å². The minimum absolute atomic E-state index is 0.280. The van der Waals surface area contributed by atoms with E-state index in [2.05, 4.69) is 0 Å². The number of furan rings is 1. The minimum Gasteiger partial charge on any atom is -0.472 e. The fraction of sp³-hybridized carbons (Fsp3) is 0.125. The van der Waals surface area contributed by atoms with Crippen molar-refractivity contribution in [2.24, 2.45) is 0 Å². The molecule has 3 aromatic rings. The van der Waals surface area contributed by atoms with Crippen LogP contribution in [0.15, 0.2) is 70.4 Å². The van der Waals surface area contributed by atoms with Gasteiger partial charge in [0.05, 0.1) is 17.4 Å². The summed E-state index contributed by atoms with van der Waals surface area (Å²) < 4.78 is 31.9. The lowest BCUT2D eigenvalue weighted by molar-refractivity contribution is 0.464. The van der Waals surface area contributed by atoms with Crippen molar-refractivity contribution in [3.05, 3.63) is 66.6 Å². The van der Waals surface area contributed by atoms with Crippen molar-refractivity contribution < 1.29 is 12.8 Å². The molecule has 0 unspecified atom stereocenters. The number of rotatable bonds is 4. The maximum Gasteiger partial charge on any atom is 0.243 e. The van der Waals surface area contributed by atoms with Crippen LogP contribution in [-0.2, 0) is 16.6 Å². The molecule has 0 aliphatic carbocycles. The number of fused-ring (bicyclic) bond motifs is 1. The van der Waals surface area contributed by atoms with E-state index in [1.54, 1.807) is 31.5 Å². The highest BCUT2D eigenvalue weighted by molar-refractivity contribution is 7.89. The largest absolute Gasteiger partial charge is 0.472 e. The topological polar surface area (TPSA) is 50.5 Å². The summed E-state index contributed by atoms with van der Waals surface area (Å²) in [6, 6.07) is 14.5. The molecule has 4 nitrogen and oxygen atoms in total. The van der Waals surface area contributed by atoms with Crippen LogP contribution < -0.4 is 0 Å². The molecule has 1 aromatic heterocycles. The average Bonchev–Trinajstić information content (AvgIpc) is 2.99. The lowest BCUT2D eigenvalue weighted by atomic mass is 10.1. The van der Waals surface area contributed by atoms with Crippen LogP contribution in [0.1, 0.15) is 5.56 Å². The third-order valence-electron chi connectivity index (χ3n) is 3.42. The van der Waals surface area contributed by atoms with Crippen molar-refractivity contribution in [3.63, 3.8) is 0 Å². The Balaban J connectivity index is 2.04. The molecule has 0 spiro atoms. The molecule has 0 fully saturated rings. The van der Waals surface area contributed by atoms with E-state index in [-0.39, 0.29) is 6.54 Å². The molecule has 0 radical (unpaired) electrons. The van der Waals surface area contributed by atoms with E-state index in [0.29, 0.717) is 4.90 Å². The maximum absolute atomic E-state index is 12.8. The van der Waals surface area contributed by atoms with E-state index in [1.165, 1.54) is 10.6 Å². The lowest BCUT2D eigenvalue weighted by Gasteiger charge is -2.17. The Kier molecular flexibility index (Phi) is 3.53. The van der Waals surface area contributed by atoms with E-state index in [0.717, 1.165) is 16.3 Å². The van der Waals surface area contributed by atoms with Crippen LogP contribution in [0.3, 0.4) is 0 Å². The zero-order valence-corrected chi connectivity index (χ0v) is 12.4. The summed E-state index contributed by atoms with van der Waals surface area (Å²) in [4.78, 5) is 0.326. The molecule has 0 amide bonds. The van der Waals surface area contributed by atoms with Crippen molar-refractivity contribution in [2.45, 2.75) is 11.4 Å². The van der Waals surface area contributed by atoms with Gasteiger partial charge in [-0.2, -0.15) is 4.31 Å². The van der Waals surface area contributed by atoms with Gasteiger partial charge in [0, 0.05) is 24.5 Å². The first-order valence-electron chi connectivity index (χ1n) is 6.54. The van der Waals surface area contributed by atoms with E-state index in [9.17, 15) is 8.42 Å². The van der Waals surface area contributed by atoms with Gasteiger partial charge >= 0.3 is 0 Å². The highest BCUT2D eigenvalue weighted by Crippen LogP contribution is 2.25. The smallest absolute Gasteiger partial charge is 0.243 e. The second-order valence-corrected chi connectivity index (χ2v) is 6.88. The minimum atomic E-state index is -3.55. The summed E-state index contributed by atoms with van der Waals surface area (Å²) in [7, 11) is -1.98. The van der Waals surface area contributed by atoms with E-state index in [4.69, 9.17) is 4.42 Å². The second-order valence-electron chi connectivity index (χ2n) is 4.87. The fourth-order valence-corrected chi connectivity index (χ4v) is 3.68. The number of nitrogens with zero attached hydrogens (tertiary/aromatic N) is 1. The molecule has 3 rings (SSSR count). The van der Waals surface area contributed by atoms with Crippen LogP contribution in [0, 0.1) is 0 Å². The van der Waals surface area contributed by atoms with Crippen molar-refractivity contribution in [3.8, 4) is 0 Å². The van der Waals surface area contributed by atoms with Gasteiger partial charge in [0.15, 0.2) is 0 Å². The molecule has 108 valence electrons. The molecule has 0 atom stereocenters. The van der Waals surface area contributed by atoms with Crippen molar-refractivity contribution in [1.29, 1.82) is 0 Å². The molecule has 0 saturated heterocycles. The molecule has 0 aliphatic heterocycles. The molecule has 0 N–H and O–H groups in total. The van der Waals surface area contributed by atoms with Gasteiger partial charge in [-0.1, -0.05) is 36.4 Å². The van der Waals surface area contributed by atoms with Gasteiger partial charge in [-0.05, 0) is 17.5 Å². The third kappa shape index (κ3) is 2.57. The Morgan fingerprint density at radius 2 is 1.81 bits per heavy atom. The Bertz CT molecular complexity index is 849. The normalized spacial score (nSPS) is 12.1. The Labute approximate surface area is 123 Å². The fourth-order valence-electron chi connectivity index (χ4n) is 2.31. The molecule has 5 heteroatoms. The summed E-state index contributed by atoms with van der Waals surface area (Å²) in [5, 5.41) is 1.65. The molecule has 0 aliphatic rings. The van der Waals surface area contributed by atoms with Gasteiger partial charge in [-0.15, -0.1) is 0 Å². The van der Waals surface area contributed by atoms with Crippen LogP contribution >= 0.6 is 0 Å². The van der Waals surface area contributed by atoms with Crippen molar-refractivity contribution in [1.82, 2.24) is 4.31 Å². The third-order valence-corrected chi connectivity index (χ3v) is 5.28. The quantitative estimate of drug-likeness (QED) is 0.743. The van der Waals surface area contributed by atoms with Crippen molar-refractivity contribution in [2.75, 3.05) is 7.05 Å². The zero-order valence-electron chi connectivity index (χ0n) is 11.6. The van der Waals surface area contributed by atoms with Crippen LogP contribution in [0.4, 0.5) is 0 Å². The van der Waals surface area contributed by atoms with Crippen LogP contribution in [-0.4, -0.2) is 19.8 Å². The summed E-state index contributed by atoms with van der Waals surface area (Å²) in [5.74, 6) is 0. The average molecular weight is 301 g/mol. The maximum atomic E-state index is 12.8. The molecule has 0 saturated carbocycles. The molecule has 21 heavy (non-hydrogen) atoms. The van der Waals surface area contributed by atoms with E-state index < -0.39 is 10.0 Å². The number of sulfonamides is 1. The Hall–Kier alpha value is -2.11. The number of benzene rings is 2. The lowest BCUT2D eigenvalue weighted by Crippen LogP contribution is -2.26. The predicted molar refractivity (Wildman–Crippen MR) is 81.3 cm³/mol. The summed E-state index contributed by atoms with van der Waals surface area (Å²) in [5.41, 5.74) is 0.821. The first kappa shape index (κ1) is 13.9. The molecule has 2 aromatic carbocycles. The van der Waals surface area contributed by atoms with Gasteiger partial charge in [0.1, 0.15) is 0 Å². The molecular weight excluding hydrogens is 286 g/mol. The predicted octanol–water partition coefficient (Wildman–Crippen LogP) is 3.25. The zero-order chi connectivity index (χ0) is 14.9. The highest BCUT2D eigenvalue weighted by atomic mass is 32.2. The molecule has 0 bridgehead atoms. The summed E-state index contributed by atoms with van der Waals surface area (Å²) in [6.07, 6.45) is 3.09.